The third-order valence-electron chi connectivity index (χ3n) is 1.52. The Morgan fingerprint density at radius 2 is 2.23 bits per heavy atom. The number of carbonyl (C=O) groups is 1. The Morgan fingerprint density at radius 3 is 2.69 bits per heavy atom. The average Bonchev–Trinajstić information content (AvgIpc) is 2.09. The summed E-state index contributed by atoms with van der Waals surface area (Å²) < 4.78 is 6.79. The molecule has 0 aliphatic heterocycles. The Morgan fingerprint density at radius 1 is 1.62 bits per heavy atom. The van der Waals surface area contributed by atoms with E-state index in [1.807, 2.05) is 0 Å². The number of hydrogen-bond acceptors (Lipinski definition) is 2. The molecule has 1 aromatic carbocycles. The lowest BCUT2D eigenvalue weighted by Crippen LogP contribution is -2.12. The van der Waals surface area contributed by atoms with Crippen molar-refractivity contribution in [3.05, 3.63) is 25.7 Å². The molecule has 1 rings (SSSR count). The van der Waals surface area contributed by atoms with E-state index in [2.05, 4.69) is 38.5 Å². The Labute approximate surface area is 97.9 Å². The van der Waals surface area contributed by atoms with E-state index >= 15 is 0 Å². The molecule has 3 nitrogen and oxygen atoms in total. The van der Waals surface area contributed by atoms with Crippen LogP contribution in [0.25, 0.3) is 0 Å². The first-order chi connectivity index (χ1) is 6.07. The lowest BCUT2D eigenvalue weighted by atomic mass is 10.2. The fourth-order valence-electron chi connectivity index (χ4n) is 0.926. The molecule has 0 aliphatic carbocycles. The number of amides is 1. The number of halogens is 2. The second-order valence-corrected chi connectivity index (χ2v) is 4.26. The molecule has 13 heavy (non-hydrogen) atoms. The lowest BCUT2D eigenvalue weighted by Gasteiger charge is -2.08. The molecule has 0 heterocycles. The number of ether oxygens (including phenoxy) is 1. The molecule has 1 aromatic rings. The minimum atomic E-state index is -0.492. The molecular weight excluding hydrogens is 349 g/mol. The normalized spacial score (nSPS) is 9.77. The van der Waals surface area contributed by atoms with Crippen molar-refractivity contribution in [1.29, 1.82) is 0 Å². The van der Waals surface area contributed by atoms with Crippen LogP contribution in [0.5, 0.6) is 5.75 Å². The van der Waals surface area contributed by atoms with Crippen LogP contribution in [0.15, 0.2) is 16.6 Å². The van der Waals surface area contributed by atoms with Crippen molar-refractivity contribution >= 4 is 44.4 Å². The largest absolute Gasteiger partial charge is 0.495 e. The van der Waals surface area contributed by atoms with Crippen LogP contribution in [0, 0.1) is 3.57 Å². The summed E-state index contributed by atoms with van der Waals surface area (Å²) in [5.41, 5.74) is 5.55. The van der Waals surface area contributed by atoms with Gasteiger partial charge in [0.25, 0.3) is 5.91 Å². The number of carbonyl (C=O) groups excluding carboxylic acids is 1. The van der Waals surface area contributed by atoms with Gasteiger partial charge in [-0.2, -0.15) is 0 Å². The van der Waals surface area contributed by atoms with Gasteiger partial charge < -0.3 is 10.5 Å². The SMILES string of the molecule is COc1c(C(N)=O)ccc(I)c1Br. The van der Waals surface area contributed by atoms with Crippen LogP contribution in [0.3, 0.4) is 0 Å². The zero-order valence-electron chi connectivity index (χ0n) is 6.80. The smallest absolute Gasteiger partial charge is 0.252 e. The van der Waals surface area contributed by atoms with E-state index in [-0.39, 0.29) is 0 Å². The molecule has 0 atom stereocenters. The summed E-state index contributed by atoms with van der Waals surface area (Å²) in [5.74, 6) is -0.00616. The van der Waals surface area contributed by atoms with E-state index in [0.717, 1.165) is 8.04 Å². The summed E-state index contributed by atoms with van der Waals surface area (Å²) >= 11 is 5.45. The fraction of sp³-hybridized carbons (Fsp3) is 0.125. The second-order valence-electron chi connectivity index (χ2n) is 2.31. The van der Waals surface area contributed by atoms with Gasteiger partial charge in [0.05, 0.1) is 17.1 Å². The number of nitrogens with two attached hydrogens (primary N) is 1. The third kappa shape index (κ3) is 2.14. The predicted molar refractivity (Wildman–Crippen MR) is 61.9 cm³/mol. The standard InChI is InChI=1S/C8H7BrINO2/c1-13-7-4(8(11)12)2-3-5(10)6(7)9/h2-3H,1H3,(H2,11,12). The summed E-state index contributed by atoms with van der Waals surface area (Å²) in [4.78, 5) is 11.0. The van der Waals surface area contributed by atoms with Gasteiger partial charge in [-0.05, 0) is 50.7 Å². The van der Waals surface area contributed by atoms with Crippen molar-refractivity contribution in [2.24, 2.45) is 5.73 Å². The average molecular weight is 356 g/mol. The van der Waals surface area contributed by atoms with E-state index < -0.39 is 5.91 Å². The highest BCUT2D eigenvalue weighted by molar-refractivity contribution is 14.1. The second kappa shape index (κ2) is 4.28. The third-order valence-corrected chi connectivity index (χ3v) is 3.95. The highest BCUT2D eigenvalue weighted by atomic mass is 127. The van der Waals surface area contributed by atoms with E-state index in [0.29, 0.717) is 11.3 Å². The highest BCUT2D eigenvalue weighted by Crippen LogP contribution is 2.32. The first-order valence-corrected chi connectivity index (χ1v) is 5.27. The molecule has 0 aliphatic rings. The molecule has 70 valence electrons. The van der Waals surface area contributed by atoms with Gasteiger partial charge in [0.2, 0.25) is 0 Å². The maximum absolute atomic E-state index is 11.0. The molecule has 0 aromatic heterocycles. The summed E-state index contributed by atoms with van der Waals surface area (Å²) in [5, 5.41) is 0. The van der Waals surface area contributed by atoms with Crippen LogP contribution in [0.2, 0.25) is 0 Å². The molecule has 0 fully saturated rings. The Hall–Kier alpha value is -0.300. The molecule has 0 spiro atoms. The van der Waals surface area contributed by atoms with Gasteiger partial charge in [-0.3, -0.25) is 4.79 Å². The summed E-state index contributed by atoms with van der Waals surface area (Å²) in [6.45, 7) is 0. The van der Waals surface area contributed by atoms with Gasteiger partial charge in [-0.25, -0.2) is 0 Å². The van der Waals surface area contributed by atoms with Gasteiger partial charge in [-0.1, -0.05) is 0 Å². The number of primary amides is 1. The predicted octanol–water partition coefficient (Wildman–Crippen LogP) is 2.16. The van der Waals surface area contributed by atoms with Crippen molar-refractivity contribution in [1.82, 2.24) is 0 Å². The zero-order chi connectivity index (χ0) is 10.0. The van der Waals surface area contributed by atoms with Crippen molar-refractivity contribution in [3.8, 4) is 5.75 Å². The maximum Gasteiger partial charge on any atom is 0.252 e. The first kappa shape index (κ1) is 10.8. The van der Waals surface area contributed by atoms with Crippen LogP contribution >= 0.6 is 38.5 Å². The van der Waals surface area contributed by atoms with E-state index in [1.54, 1.807) is 12.1 Å². The summed E-state index contributed by atoms with van der Waals surface area (Å²) in [6.07, 6.45) is 0. The Balaban J connectivity index is 3.38. The van der Waals surface area contributed by atoms with Crippen LogP contribution in [0.1, 0.15) is 10.4 Å². The highest BCUT2D eigenvalue weighted by Gasteiger charge is 2.13. The molecule has 2 N–H and O–H groups in total. The monoisotopic (exact) mass is 355 g/mol. The molecule has 5 heteroatoms. The van der Waals surface area contributed by atoms with Crippen LogP contribution in [0.4, 0.5) is 0 Å². The molecule has 1 amide bonds. The van der Waals surface area contributed by atoms with Crippen LogP contribution in [-0.2, 0) is 0 Å². The minimum Gasteiger partial charge on any atom is -0.495 e. The van der Waals surface area contributed by atoms with Crippen molar-refractivity contribution in [3.63, 3.8) is 0 Å². The van der Waals surface area contributed by atoms with Gasteiger partial charge >= 0.3 is 0 Å². The van der Waals surface area contributed by atoms with E-state index in [9.17, 15) is 4.79 Å². The van der Waals surface area contributed by atoms with Gasteiger partial charge in [0.15, 0.2) is 0 Å². The molecule has 0 radical (unpaired) electrons. The summed E-state index contributed by atoms with van der Waals surface area (Å²) in [7, 11) is 1.50. The summed E-state index contributed by atoms with van der Waals surface area (Å²) in [6, 6.07) is 3.45. The number of methoxy groups -OCH3 is 1. The Bertz CT molecular complexity index is 354. The first-order valence-electron chi connectivity index (χ1n) is 3.39. The topological polar surface area (TPSA) is 52.3 Å². The van der Waals surface area contributed by atoms with Crippen molar-refractivity contribution in [2.45, 2.75) is 0 Å². The quantitative estimate of drug-likeness (QED) is 0.826. The van der Waals surface area contributed by atoms with E-state index in [1.165, 1.54) is 7.11 Å². The lowest BCUT2D eigenvalue weighted by molar-refractivity contribution is 0.0997. The van der Waals surface area contributed by atoms with Gasteiger partial charge in [0.1, 0.15) is 5.75 Å². The maximum atomic E-state index is 11.0. The van der Waals surface area contributed by atoms with Crippen LogP contribution < -0.4 is 10.5 Å². The van der Waals surface area contributed by atoms with Crippen LogP contribution in [-0.4, -0.2) is 13.0 Å². The van der Waals surface area contributed by atoms with Gasteiger partial charge in [0, 0.05) is 3.57 Å². The number of benzene rings is 1. The molecule has 0 bridgehead atoms. The molecule has 0 saturated heterocycles. The molecule has 0 unspecified atom stereocenters. The van der Waals surface area contributed by atoms with Crippen molar-refractivity contribution < 1.29 is 9.53 Å². The van der Waals surface area contributed by atoms with Gasteiger partial charge in [-0.15, -0.1) is 0 Å². The zero-order valence-corrected chi connectivity index (χ0v) is 10.5. The number of hydrogen-bond donors (Lipinski definition) is 1. The molecule has 0 saturated carbocycles. The minimum absolute atomic E-state index is 0.384. The van der Waals surface area contributed by atoms with Crippen molar-refractivity contribution in [2.75, 3.05) is 7.11 Å². The Kier molecular flexibility index (Phi) is 3.55. The fourth-order valence-corrected chi connectivity index (χ4v) is 1.86. The number of rotatable bonds is 2. The molecular formula is C8H7BrINO2. The van der Waals surface area contributed by atoms with E-state index in [4.69, 9.17) is 10.5 Å².